The van der Waals surface area contributed by atoms with Crippen molar-refractivity contribution in [2.75, 3.05) is 0 Å². The molecule has 3 aromatic rings. The lowest BCUT2D eigenvalue weighted by atomic mass is 10.2. The van der Waals surface area contributed by atoms with Crippen molar-refractivity contribution >= 4 is 5.91 Å². The van der Waals surface area contributed by atoms with Gasteiger partial charge in [0.15, 0.2) is 5.76 Å². The quantitative estimate of drug-likeness (QED) is 0.786. The van der Waals surface area contributed by atoms with Gasteiger partial charge in [-0.25, -0.2) is 4.39 Å². The molecule has 4 nitrogen and oxygen atoms in total. The third-order valence-corrected chi connectivity index (χ3v) is 3.28. The molecule has 1 N–H and O–H groups in total. The lowest BCUT2D eigenvalue weighted by Crippen LogP contribution is -2.25. The zero-order chi connectivity index (χ0) is 15.5. The van der Waals surface area contributed by atoms with Gasteiger partial charge in [0.25, 0.3) is 5.91 Å². The predicted octanol–water partition coefficient (Wildman–Crippen LogP) is 4.17. The van der Waals surface area contributed by atoms with Crippen molar-refractivity contribution < 1.29 is 18.0 Å². The molecule has 0 unspecified atom stereocenters. The highest BCUT2D eigenvalue weighted by Crippen LogP contribution is 2.23. The van der Waals surface area contributed by atoms with Crippen molar-refractivity contribution in [2.24, 2.45) is 0 Å². The minimum absolute atomic E-state index is 0.192. The Morgan fingerprint density at radius 3 is 2.59 bits per heavy atom. The molecule has 1 atom stereocenters. The average molecular weight is 299 g/mol. The number of hydrogen-bond donors (Lipinski definition) is 1. The van der Waals surface area contributed by atoms with Gasteiger partial charge in [0.05, 0.1) is 12.3 Å². The summed E-state index contributed by atoms with van der Waals surface area (Å²) in [6.07, 6.45) is 1.55. The van der Waals surface area contributed by atoms with Crippen molar-refractivity contribution in [3.8, 4) is 11.3 Å². The summed E-state index contributed by atoms with van der Waals surface area (Å²) < 4.78 is 23.7. The summed E-state index contributed by atoms with van der Waals surface area (Å²) >= 11 is 0. The highest BCUT2D eigenvalue weighted by Gasteiger charge is 2.16. The third kappa shape index (κ3) is 2.93. The Morgan fingerprint density at radius 1 is 1.14 bits per heavy atom. The number of carbonyl (C=O) groups excluding carboxylic acids is 1. The zero-order valence-corrected chi connectivity index (χ0v) is 11.9. The monoisotopic (exact) mass is 299 g/mol. The molecule has 112 valence electrons. The first-order valence-corrected chi connectivity index (χ1v) is 6.83. The molecular formula is C17H14FNO3. The maximum absolute atomic E-state index is 12.9. The van der Waals surface area contributed by atoms with Crippen molar-refractivity contribution in [1.82, 2.24) is 5.32 Å². The van der Waals surface area contributed by atoms with Gasteiger partial charge in [-0.2, -0.15) is 0 Å². The van der Waals surface area contributed by atoms with Gasteiger partial charge >= 0.3 is 0 Å². The van der Waals surface area contributed by atoms with Crippen LogP contribution in [0.25, 0.3) is 11.3 Å². The fourth-order valence-electron chi connectivity index (χ4n) is 2.11. The van der Waals surface area contributed by atoms with Gasteiger partial charge in [-0.1, -0.05) is 0 Å². The molecule has 0 aliphatic rings. The average Bonchev–Trinajstić information content (AvgIpc) is 3.20. The standard InChI is InChI=1S/C17H14FNO3/c1-11(14-3-2-10-21-14)19-17(20)16-9-8-15(22-16)12-4-6-13(18)7-5-12/h2-11H,1H3,(H,19,20)/t11-/m1/s1. The number of hydrogen-bond acceptors (Lipinski definition) is 3. The van der Waals surface area contributed by atoms with Gasteiger partial charge in [0.2, 0.25) is 0 Å². The summed E-state index contributed by atoms with van der Waals surface area (Å²) in [6.45, 7) is 1.82. The lowest BCUT2D eigenvalue weighted by Gasteiger charge is -2.09. The molecule has 0 saturated carbocycles. The summed E-state index contributed by atoms with van der Waals surface area (Å²) in [6, 6.07) is 12.4. The molecule has 1 aromatic carbocycles. The Labute approximate surface area is 126 Å². The molecule has 22 heavy (non-hydrogen) atoms. The van der Waals surface area contributed by atoms with Gasteiger partial charge in [-0.3, -0.25) is 4.79 Å². The predicted molar refractivity (Wildman–Crippen MR) is 78.7 cm³/mol. The van der Waals surface area contributed by atoms with Crippen LogP contribution in [0, 0.1) is 5.82 Å². The molecule has 2 heterocycles. The van der Waals surface area contributed by atoms with E-state index in [1.807, 2.05) is 6.92 Å². The number of benzene rings is 1. The third-order valence-electron chi connectivity index (χ3n) is 3.28. The summed E-state index contributed by atoms with van der Waals surface area (Å²) in [5, 5.41) is 2.79. The number of nitrogens with one attached hydrogen (secondary N) is 1. The first-order valence-electron chi connectivity index (χ1n) is 6.83. The molecule has 0 aliphatic heterocycles. The molecule has 1 amide bonds. The maximum atomic E-state index is 12.9. The minimum atomic E-state index is -0.336. The van der Waals surface area contributed by atoms with E-state index in [4.69, 9.17) is 8.83 Å². The number of amides is 1. The lowest BCUT2D eigenvalue weighted by molar-refractivity contribution is 0.0908. The van der Waals surface area contributed by atoms with Gasteiger partial charge in [-0.05, 0) is 55.5 Å². The normalized spacial score (nSPS) is 12.1. The van der Waals surface area contributed by atoms with Crippen LogP contribution in [0.1, 0.15) is 29.3 Å². The van der Waals surface area contributed by atoms with E-state index >= 15 is 0 Å². The first kappa shape index (κ1) is 14.1. The van der Waals surface area contributed by atoms with E-state index in [0.29, 0.717) is 17.1 Å². The second-order valence-electron chi connectivity index (χ2n) is 4.88. The van der Waals surface area contributed by atoms with E-state index in [1.165, 1.54) is 12.1 Å². The Hall–Kier alpha value is -2.82. The van der Waals surface area contributed by atoms with E-state index in [1.54, 1.807) is 42.7 Å². The van der Waals surface area contributed by atoms with Gasteiger partial charge in [-0.15, -0.1) is 0 Å². The first-order chi connectivity index (χ1) is 10.6. The van der Waals surface area contributed by atoms with Crippen molar-refractivity contribution in [2.45, 2.75) is 13.0 Å². The molecular weight excluding hydrogens is 285 g/mol. The minimum Gasteiger partial charge on any atom is -0.467 e. The molecule has 0 bridgehead atoms. The molecule has 0 radical (unpaired) electrons. The molecule has 2 aromatic heterocycles. The summed E-state index contributed by atoms with van der Waals surface area (Å²) in [5.74, 6) is 0.713. The number of carbonyl (C=O) groups is 1. The van der Waals surface area contributed by atoms with E-state index in [9.17, 15) is 9.18 Å². The Kier molecular flexibility index (Phi) is 3.78. The van der Waals surface area contributed by atoms with E-state index in [0.717, 1.165) is 0 Å². The number of rotatable bonds is 4. The van der Waals surface area contributed by atoms with Crippen molar-refractivity contribution in [3.05, 3.63) is 72.1 Å². The Balaban J connectivity index is 1.73. The van der Waals surface area contributed by atoms with Crippen LogP contribution < -0.4 is 5.32 Å². The maximum Gasteiger partial charge on any atom is 0.287 e. The molecule has 5 heteroatoms. The van der Waals surface area contributed by atoms with Crippen LogP contribution in [0.15, 0.2) is 63.6 Å². The van der Waals surface area contributed by atoms with Crippen LogP contribution in [-0.2, 0) is 0 Å². The zero-order valence-electron chi connectivity index (χ0n) is 11.9. The van der Waals surface area contributed by atoms with Crippen LogP contribution in [-0.4, -0.2) is 5.91 Å². The summed E-state index contributed by atoms with van der Waals surface area (Å²) in [4.78, 5) is 12.1. The second-order valence-corrected chi connectivity index (χ2v) is 4.88. The van der Waals surface area contributed by atoms with E-state index < -0.39 is 0 Å². The molecule has 0 saturated heterocycles. The fourth-order valence-corrected chi connectivity index (χ4v) is 2.11. The number of furan rings is 2. The largest absolute Gasteiger partial charge is 0.467 e. The van der Waals surface area contributed by atoms with Crippen LogP contribution in [0.2, 0.25) is 0 Å². The molecule has 3 rings (SSSR count). The van der Waals surface area contributed by atoms with Crippen LogP contribution >= 0.6 is 0 Å². The van der Waals surface area contributed by atoms with Crippen LogP contribution in [0.4, 0.5) is 4.39 Å². The summed E-state index contributed by atoms with van der Waals surface area (Å²) in [7, 11) is 0. The van der Waals surface area contributed by atoms with Crippen LogP contribution in [0.3, 0.4) is 0 Å². The topological polar surface area (TPSA) is 55.4 Å². The van der Waals surface area contributed by atoms with E-state index in [2.05, 4.69) is 5.32 Å². The molecule has 0 aliphatic carbocycles. The van der Waals surface area contributed by atoms with Gasteiger partial charge in [0.1, 0.15) is 17.3 Å². The van der Waals surface area contributed by atoms with Crippen molar-refractivity contribution in [3.63, 3.8) is 0 Å². The Morgan fingerprint density at radius 2 is 1.91 bits per heavy atom. The summed E-state index contributed by atoms with van der Waals surface area (Å²) in [5.41, 5.74) is 0.708. The SMILES string of the molecule is C[C@@H](NC(=O)c1ccc(-c2ccc(F)cc2)o1)c1ccco1. The Bertz CT molecular complexity index is 760. The molecule has 0 spiro atoms. The number of halogens is 1. The van der Waals surface area contributed by atoms with Gasteiger partial charge < -0.3 is 14.2 Å². The van der Waals surface area contributed by atoms with E-state index in [-0.39, 0.29) is 23.5 Å². The fraction of sp³-hybridized carbons (Fsp3) is 0.118. The van der Waals surface area contributed by atoms with Crippen molar-refractivity contribution in [1.29, 1.82) is 0 Å². The molecule has 0 fully saturated rings. The van der Waals surface area contributed by atoms with Crippen LogP contribution in [0.5, 0.6) is 0 Å². The second kappa shape index (κ2) is 5.89. The highest BCUT2D eigenvalue weighted by atomic mass is 19.1. The van der Waals surface area contributed by atoms with Gasteiger partial charge in [0, 0.05) is 5.56 Å². The smallest absolute Gasteiger partial charge is 0.287 e. The highest BCUT2D eigenvalue weighted by molar-refractivity contribution is 5.92.